The van der Waals surface area contributed by atoms with Gasteiger partial charge in [-0.2, -0.15) is 15.0 Å². The van der Waals surface area contributed by atoms with Crippen molar-refractivity contribution in [1.29, 1.82) is 0 Å². The summed E-state index contributed by atoms with van der Waals surface area (Å²) in [6, 6.07) is 0.250. The standard InChI is InChI=1S/C13H22N6O2/c1-3-14-11-16-12(18-13(17-11)21-4-2)15-9-10(20)19-7-5-6-8-19/h3-9H2,1-2H3,(H2,14,15,16,17,18). The van der Waals surface area contributed by atoms with Gasteiger partial charge in [0.1, 0.15) is 0 Å². The summed E-state index contributed by atoms with van der Waals surface area (Å²) >= 11 is 0. The largest absolute Gasteiger partial charge is 0.464 e. The van der Waals surface area contributed by atoms with Gasteiger partial charge in [-0.3, -0.25) is 4.79 Å². The summed E-state index contributed by atoms with van der Waals surface area (Å²) in [6.07, 6.45) is 2.16. The summed E-state index contributed by atoms with van der Waals surface area (Å²) in [5, 5.41) is 5.96. The van der Waals surface area contributed by atoms with Crippen molar-refractivity contribution < 1.29 is 9.53 Å². The van der Waals surface area contributed by atoms with Gasteiger partial charge >= 0.3 is 6.01 Å². The average molecular weight is 294 g/mol. The molecule has 1 aromatic heterocycles. The molecule has 1 saturated heterocycles. The Morgan fingerprint density at radius 2 is 1.81 bits per heavy atom. The van der Waals surface area contributed by atoms with Crippen molar-refractivity contribution in [1.82, 2.24) is 19.9 Å². The van der Waals surface area contributed by atoms with Crippen molar-refractivity contribution in [2.24, 2.45) is 0 Å². The monoisotopic (exact) mass is 294 g/mol. The van der Waals surface area contributed by atoms with E-state index < -0.39 is 0 Å². The Bertz CT molecular complexity index is 451. The Morgan fingerprint density at radius 3 is 2.43 bits per heavy atom. The summed E-state index contributed by atoms with van der Waals surface area (Å²) in [4.78, 5) is 26.3. The number of hydrogen-bond donors (Lipinski definition) is 2. The number of carbonyl (C=O) groups is 1. The van der Waals surface area contributed by atoms with Gasteiger partial charge in [0, 0.05) is 19.6 Å². The highest BCUT2D eigenvalue weighted by molar-refractivity contribution is 5.80. The van der Waals surface area contributed by atoms with Crippen LogP contribution in [0.15, 0.2) is 0 Å². The topological polar surface area (TPSA) is 92.3 Å². The molecule has 0 saturated carbocycles. The van der Waals surface area contributed by atoms with E-state index in [4.69, 9.17) is 4.74 Å². The molecule has 8 heteroatoms. The number of likely N-dealkylation sites (tertiary alicyclic amines) is 1. The molecule has 2 rings (SSSR count). The molecule has 0 bridgehead atoms. The number of aromatic nitrogens is 3. The molecule has 21 heavy (non-hydrogen) atoms. The first-order valence-electron chi connectivity index (χ1n) is 7.37. The molecule has 116 valence electrons. The lowest BCUT2D eigenvalue weighted by Crippen LogP contribution is -2.33. The van der Waals surface area contributed by atoms with Crippen LogP contribution in [-0.4, -0.2) is 58.5 Å². The molecular weight excluding hydrogens is 272 g/mol. The van der Waals surface area contributed by atoms with Crippen molar-refractivity contribution in [3.8, 4) is 6.01 Å². The maximum Gasteiger partial charge on any atom is 0.323 e. The number of nitrogens with one attached hydrogen (secondary N) is 2. The average Bonchev–Trinajstić information content (AvgIpc) is 2.99. The zero-order valence-corrected chi connectivity index (χ0v) is 12.6. The van der Waals surface area contributed by atoms with Gasteiger partial charge in [-0.05, 0) is 26.7 Å². The predicted octanol–water partition coefficient (Wildman–Crippen LogP) is 0.736. The number of carbonyl (C=O) groups excluding carboxylic acids is 1. The van der Waals surface area contributed by atoms with Gasteiger partial charge in [0.25, 0.3) is 0 Å². The molecule has 1 aliphatic rings. The maximum absolute atomic E-state index is 12.0. The van der Waals surface area contributed by atoms with E-state index in [1.54, 1.807) is 0 Å². The number of hydrogen-bond acceptors (Lipinski definition) is 7. The lowest BCUT2D eigenvalue weighted by Gasteiger charge is -2.15. The highest BCUT2D eigenvalue weighted by Crippen LogP contribution is 2.12. The Hall–Kier alpha value is -2.12. The highest BCUT2D eigenvalue weighted by Gasteiger charge is 2.18. The number of rotatable bonds is 7. The van der Waals surface area contributed by atoms with Crippen molar-refractivity contribution in [2.45, 2.75) is 26.7 Å². The normalized spacial score (nSPS) is 14.1. The molecule has 0 aliphatic carbocycles. The molecule has 1 aliphatic heterocycles. The zero-order chi connectivity index (χ0) is 15.1. The zero-order valence-electron chi connectivity index (χ0n) is 12.6. The molecule has 0 atom stereocenters. The van der Waals surface area contributed by atoms with Crippen LogP contribution < -0.4 is 15.4 Å². The minimum absolute atomic E-state index is 0.0656. The van der Waals surface area contributed by atoms with Gasteiger partial charge in [-0.15, -0.1) is 0 Å². The molecule has 1 aromatic rings. The molecular formula is C13H22N6O2. The van der Waals surface area contributed by atoms with Crippen LogP contribution in [0.25, 0.3) is 0 Å². The molecule has 0 spiro atoms. The first-order chi connectivity index (χ1) is 10.2. The van der Waals surface area contributed by atoms with Crippen molar-refractivity contribution in [2.75, 3.05) is 43.4 Å². The number of anilines is 2. The van der Waals surface area contributed by atoms with Crippen LogP contribution in [0.5, 0.6) is 6.01 Å². The molecule has 0 unspecified atom stereocenters. The van der Waals surface area contributed by atoms with Gasteiger partial charge in [0.2, 0.25) is 17.8 Å². The molecule has 8 nitrogen and oxygen atoms in total. The Labute approximate surface area is 124 Å². The quantitative estimate of drug-likeness (QED) is 0.766. The summed E-state index contributed by atoms with van der Waals surface area (Å²) in [6.45, 7) is 6.84. The van der Waals surface area contributed by atoms with E-state index in [1.165, 1.54) is 0 Å². The molecule has 0 radical (unpaired) electrons. The van der Waals surface area contributed by atoms with Gasteiger partial charge in [0.05, 0.1) is 13.2 Å². The van der Waals surface area contributed by atoms with E-state index in [-0.39, 0.29) is 18.5 Å². The minimum Gasteiger partial charge on any atom is -0.464 e. The number of amides is 1. The van der Waals surface area contributed by atoms with E-state index in [1.807, 2.05) is 18.7 Å². The van der Waals surface area contributed by atoms with E-state index >= 15 is 0 Å². The molecule has 2 N–H and O–H groups in total. The number of nitrogens with zero attached hydrogens (tertiary/aromatic N) is 4. The van der Waals surface area contributed by atoms with Gasteiger partial charge in [0.15, 0.2) is 0 Å². The third kappa shape index (κ3) is 4.44. The number of ether oxygens (including phenoxy) is 1. The lowest BCUT2D eigenvalue weighted by atomic mass is 10.4. The van der Waals surface area contributed by atoms with Crippen LogP contribution >= 0.6 is 0 Å². The summed E-state index contributed by atoms with van der Waals surface area (Å²) < 4.78 is 5.30. The highest BCUT2D eigenvalue weighted by atomic mass is 16.5. The second kappa shape index (κ2) is 7.61. The second-order valence-corrected chi connectivity index (χ2v) is 4.67. The Balaban J connectivity index is 1.98. The van der Waals surface area contributed by atoms with Crippen LogP contribution in [0, 0.1) is 0 Å². The van der Waals surface area contributed by atoms with Crippen molar-refractivity contribution in [3.63, 3.8) is 0 Å². The van der Waals surface area contributed by atoms with Crippen LogP contribution in [0.4, 0.5) is 11.9 Å². The first-order valence-corrected chi connectivity index (χ1v) is 7.37. The SMILES string of the molecule is CCNc1nc(NCC(=O)N2CCCC2)nc(OCC)n1. The third-order valence-corrected chi connectivity index (χ3v) is 3.08. The molecule has 2 heterocycles. The van der Waals surface area contributed by atoms with Crippen LogP contribution in [0.2, 0.25) is 0 Å². The Morgan fingerprint density at radius 1 is 1.14 bits per heavy atom. The third-order valence-electron chi connectivity index (χ3n) is 3.08. The summed E-state index contributed by atoms with van der Waals surface area (Å²) in [5.74, 6) is 0.847. The minimum atomic E-state index is 0.0656. The molecule has 1 amide bonds. The summed E-state index contributed by atoms with van der Waals surface area (Å²) in [7, 11) is 0. The van der Waals surface area contributed by atoms with E-state index in [0.29, 0.717) is 25.0 Å². The van der Waals surface area contributed by atoms with Crippen LogP contribution in [0.3, 0.4) is 0 Å². The predicted molar refractivity (Wildman–Crippen MR) is 79.5 cm³/mol. The van der Waals surface area contributed by atoms with Crippen molar-refractivity contribution >= 4 is 17.8 Å². The fraction of sp³-hybridized carbons (Fsp3) is 0.692. The van der Waals surface area contributed by atoms with E-state index in [2.05, 4.69) is 25.6 Å². The fourth-order valence-corrected chi connectivity index (χ4v) is 2.10. The van der Waals surface area contributed by atoms with Gasteiger partial charge in [-0.1, -0.05) is 0 Å². The molecule has 1 fully saturated rings. The fourth-order valence-electron chi connectivity index (χ4n) is 2.10. The smallest absolute Gasteiger partial charge is 0.323 e. The van der Waals surface area contributed by atoms with E-state index in [9.17, 15) is 4.79 Å². The van der Waals surface area contributed by atoms with Crippen molar-refractivity contribution in [3.05, 3.63) is 0 Å². The van der Waals surface area contributed by atoms with Crippen LogP contribution in [-0.2, 0) is 4.79 Å². The molecule has 0 aromatic carbocycles. The van der Waals surface area contributed by atoms with Gasteiger partial charge < -0.3 is 20.3 Å². The second-order valence-electron chi connectivity index (χ2n) is 4.67. The van der Waals surface area contributed by atoms with Crippen LogP contribution in [0.1, 0.15) is 26.7 Å². The van der Waals surface area contributed by atoms with Gasteiger partial charge in [-0.25, -0.2) is 0 Å². The Kier molecular flexibility index (Phi) is 5.53. The first kappa shape index (κ1) is 15.3. The van der Waals surface area contributed by atoms with E-state index in [0.717, 1.165) is 25.9 Å². The lowest BCUT2D eigenvalue weighted by molar-refractivity contribution is -0.128. The summed E-state index contributed by atoms with van der Waals surface area (Å²) in [5.41, 5.74) is 0. The maximum atomic E-state index is 12.0.